The molecule has 2 aliphatic rings. The fraction of sp³-hybridized carbons (Fsp3) is 0.476. The second-order valence-electron chi connectivity index (χ2n) is 7.49. The van der Waals surface area contributed by atoms with Gasteiger partial charge < -0.3 is 0 Å². The molecule has 24 heavy (non-hydrogen) atoms. The van der Waals surface area contributed by atoms with E-state index in [4.69, 9.17) is 0 Å². The molecular weight excluding hydrogens is 312 g/mol. The highest BCUT2D eigenvalue weighted by Gasteiger charge is 2.47. The Morgan fingerprint density at radius 3 is 2.67 bits per heavy atom. The molecule has 0 saturated heterocycles. The fourth-order valence-electron chi connectivity index (χ4n) is 3.97. The predicted octanol–water partition coefficient (Wildman–Crippen LogP) is 5.05. The highest BCUT2D eigenvalue weighted by molar-refractivity contribution is 7.10. The number of hydrogen-bond acceptors (Lipinski definition) is 3. The molecule has 0 amide bonds. The zero-order valence-corrected chi connectivity index (χ0v) is 14.9. The maximum Gasteiger partial charge on any atom is 0.132 e. The van der Waals surface area contributed by atoms with Gasteiger partial charge in [-0.1, -0.05) is 49.2 Å². The zero-order chi connectivity index (χ0) is 16.6. The number of hydrogen-bond donors (Lipinski definition) is 1. The molecule has 4 unspecified atom stereocenters. The standard InChI is InChI=1S/C21H24N2S/c1-15(18-12-19(18)20-8-5-11-24-20)23-21(14-22,13-16-9-10-16)17-6-3-2-4-7-17/h2-8,11,15-16,18-19,23H,9-10,12-13H2,1H3. The summed E-state index contributed by atoms with van der Waals surface area (Å²) in [5.74, 6) is 2.04. The summed E-state index contributed by atoms with van der Waals surface area (Å²) in [5, 5.41) is 16.0. The van der Waals surface area contributed by atoms with Crippen molar-refractivity contribution in [3.05, 3.63) is 58.3 Å². The van der Waals surface area contributed by atoms with Crippen LogP contribution in [0, 0.1) is 23.2 Å². The number of nitrogens with zero attached hydrogens (tertiary/aromatic N) is 1. The molecule has 3 heteroatoms. The van der Waals surface area contributed by atoms with Crippen LogP contribution in [-0.4, -0.2) is 6.04 Å². The van der Waals surface area contributed by atoms with Gasteiger partial charge >= 0.3 is 0 Å². The van der Waals surface area contributed by atoms with Crippen molar-refractivity contribution < 1.29 is 0 Å². The van der Waals surface area contributed by atoms with Crippen LogP contribution in [0.15, 0.2) is 47.8 Å². The Morgan fingerprint density at radius 1 is 1.25 bits per heavy atom. The van der Waals surface area contributed by atoms with Gasteiger partial charge in [0.2, 0.25) is 0 Å². The summed E-state index contributed by atoms with van der Waals surface area (Å²) in [6, 6.07) is 17.7. The lowest BCUT2D eigenvalue weighted by Gasteiger charge is -2.32. The van der Waals surface area contributed by atoms with Crippen LogP contribution in [-0.2, 0) is 5.54 Å². The monoisotopic (exact) mass is 336 g/mol. The molecule has 124 valence electrons. The van der Waals surface area contributed by atoms with E-state index in [1.807, 2.05) is 29.5 Å². The van der Waals surface area contributed by atoms with E-state index in [0.29, 0.717) is 23.8 Å². The first kappa shape index (κ1) is 15.9. The molecule has 0 bridgehead atoms. The van der Waals surface area contributed by atoms with Crippen LogP contribution in [0.25, 0.3) is 0 Å². The summed E-state index contributed by atoms with van der Waals surface area (Å²) in [6.45, 7) is 2.26. The molecule has 0 aliphatic heterocycles. The first-order chi connectivity index (χ1) is 11.7. The van der Waals surface area contributed by atoms with Crippen molar-refractivity contribution in [1.29, 1.82) is 5.26 Å². The lowest BCUT2D eigenvalue weighted by Crippen LogP contribution is -2.47. The third-order valence-electron chi connectivity index (χ3n) is 5.61. The molecule has 2 aromatic rings. The van der Waals surface area contributed by atoms with E-state index < -0.39 is 5.54 Å². The molecule has 4 rings (SSSR count). The van der Waals surface area contributed by atoms with Gasteiger partial charge in [0.05, 0.1) is 6.07 Å². The van der Waals surface area contributed by atoms with E-state index in [1.54, 1.807) is 0 Å². The zero-order valence-electron chi connectivity index (χ0n) is 14.1. The normalized spacial score (nSPS) is 26.3. The summed E-state index contributed by atoms with van der Waals surface area (Å²) in [4.78, 5) is 1.50. The molecular formula is C21H24N2S. The highest BCUT2D eigenvalue weighted by Crippen LogP contribution is 2.52. The maximum absolute atomic E-state index is 10.1. The predicted molar refractivity (Wildman–Crippen MR) is 98.8 cm³/mol. The second kappa shape index (κ2) is 6.35. The van der Waals surface area contributed by atoms with Crippen LogP contribution in [0.2, 0.25) is 0 Å². The lowest BCUT2D eigenvalue weighted by atomic mass is 9.85. The quantitative estimate of drug-likeness (QED) is 0.768. The summed E-state index contributed by atoms with van der Waals surface area (Å²) < 4.78 is 0. The Kier molecular flexibility index (Phi) is 4.20. The second-order valence-corrected chi connectivity index (χ2v) is 8.46. The van der Waals surface area contributed by atoms with Crippen molar-refractivity contribution in [2.75, 3.05) is 0 Å². The van der Waals surface area contributed by atoms with Gasteiger partial charge in [0.25, 0.3) is 0 Å². The minimum absolute atomic E-state index is 0.357. The largest absolute Gasteiger partial charge is 0.293 e. The SMILES string of the molecule is CC(NC(C#N)(CC1CC1)c1ccccc1)C1CC1c1cccs1. The minimum Gasteiger partial charge on any atom is -0.293 e. The molecule has 2 saturated carbocycles. The summed E-state index contributed by atoms with van der Waals surface area (Å²) in [6.07, 6.45) is 4.73. The summed E-state index contributed by atoms with van der Waals surface area (Å²) >= 11 is 1.86. The first-order valence-electron chi connectivity index (χ1n) is 9.00. The topological polar surface area (TPSA) is 35.8 Å². The average Bonchev–Trinajstić information content (AvgIpc) is 3.54. The van der Waals surface area contributed by atoms with E-state index in [2.05, 4.69) is 48.0 Å². The van der Waals surface area contributed by atoms with Crippen LogP contribution < -0.4 is 5.32 Å². The number of thiophene rings is 1. The van der Waals surface area contributed by atoms with Crippen LogP contribution in [0.1, 0.15) is 49.0 Å². The van der Waals surface area contributed by atoms with Gasteiger partial charge in [-0.15, -0.1) is 11.3 Å². The van der Waals surface area contributed by atoms with Gasteiger partial charge in [0, 0.05) is 10.9 Å². The smallest absolute Gasteiger partial charge is 0.132 e. The highest BCUT2D eigenvalue weighted by atomic mass is 32.1. The number of rotatable bonds is 7. The molecule has 0 spiro atoms. The molecule has 4 atom stereocenters. The molecule has 2 nitrogen and oxygen atoms in total. The van der Waals surface area contributed by atoms with Crippen molar-refractivity contribution in [3.63, 3.8) is 0 Å². The van der Waals surface area contributed by atoms with E-state index in [-0.39, 0.29) is 0 Å². The maximum atomic E-state index is 10.1. The third-order valence-corrected chi connectivity index (χ3v) is 6.62. The number of nitrogens with one attached hydrogen (secondary N) is 1. The van der Waals surface area contributed by atoms with Crippen molar-refractivity contribution >= 4 is 11.3 Å². The van der Waals surface area contributed by atoms with Gasteiger partial charge in [0.1, 0.15) is 5.54 Å². The molecule has 1 heterocycles. The Bertz CT molecular complexity index is 714. The van der Waals surface area contributed by atoms with Crippen LogP contribution in [0.5, 0.6) is 0 Å². The van der Waals surface area contributed by atoms with E-state index in [9.17, 15) is 5.26 Å². The average molecular weight is 337 g/mol. The van der Waals surface area contributed by atoms with Gasteiger partial charge in [-0.2, -0.15) is 5.26 Å². The van der Waals surface area contributed by atoms with E-state index >= 15 is 0 Å². The van der Waals surface area contributed by atoms with Crippen molar-refractivity contribution in [3.8, 4) is 6.07 Å². The Morgan fingerprint density at radius 2 is 2.04 bits per heavy atom. The molecule has 2 aliphatic carbocycles. The Balaban J connectivity index is 1.53. The van der Waals surface area contributed by atoms with Crippen molar-refractivity contribution in [1.82, 2.24) is 5.32 Å². The molecule has 2 fully saturated rings. The summed E-state index contributed by atoms with van der Waals surface area (Å²) in [7, 11) is 0. The molecule has 1 aromatic carbocycles. The number of nitriles is 1. The van der Waals surface area contributed by atoms with E-state index in [1.165, 1.54) is 24.1 Å². The van der Waals surface area contributed by atoms with Crippen LogP contribution in [0.3, 0.4) is 0 Å². The molecule has 0 radical (unpaired) electrons. The Hall–Kier alpha value is -1.63. The fourth-order valence-corrected chi connectivity index (χ4v) is 4.89. The van der Waals surface area contributed by atoms with Gasteiger partial charge in [-0.3, -0.25) is 5.32 Å². The van der Waals surface area contributed by atoms with Crippen molar-refractivity contribution in [2.45, 2.75) is 50.1 Å². The molecule has 1 aromatic heterocycles. The van der Waals surface area contributed by atoms with Crippen LogP contribution in [0.4, 0.5) is 0 Å². The number of benzene rings is 1. The first-order valence-corrected chi connectivity index (χ1v) is 9.88. The van der Waals surface area contributed by atoms with Gasteiger partial charge in [0.15, 0.2) is 0 Å². The van der Waals surface area contributed by atoms with Gasteiger partial charge in [-0.05, 0) is 54.5 Å². The van der Waals surface area contributed by atoms with E-state index in [0.717, 1.165) is 12.0 Å². The van der Waals surface area contributed by atoms with Gasteiger partial charge in [-0.25, -0.2) is 0 Å². The third kappa shape index (κ3) is 3.14. The summed E-state index contributed by atoms with van der Waals surface area (Å²) in [5.41, 5.74) is 0.587. The Labute approximate surface area is 148 Å². The molecule has 1 N–H and O–H groups in total. The van der Waals surface area contributed by atoms with Crippen molar-refractivity contribution in [2.24, 2.45) is 11.8 Å². The lowest BCUT2D eigenvalue weighted by molar-refractivity contribution is 0.317. The minimum atomic E-state index is -0.537. The van der Waals surface area contributed by atoms with Crippen LogP contribution >= 0.6 is 11.3 Å².